The van der Waals surface area contributed by atoms with Crippen LogP contribution in [-0.4, -0.2) is 4.92 Å². The van der Waals surface area contributed by atoms with Crippen molar-refractivity contribution >= 4 is 5.69 Å². The molecule has 2 aromatic carbocycles. The van der Waals surface area contributed by atoms with Crippen LogP contribution in [0.25, 0.3) is 0 Å². The highest BCUT2D eigenvalue weighted by Crippen LogP contribution is 2.08. The first-order valence-corrected chi connectivity index (χ1v) is 6.86. The summed E-state index contributed by atoms with van der Waals surface area (Å²) in [4.78, 5) is 10.5. The SMILES string of the molecule is O=[N+]([O-])c1ccccc1[I+]c1ccccc1. The molecule has 0 aliphatic heterocycles. The Morgan fingerprint density at radius 2 is 1.56 bits per heavy atom. The molecule has 4 heteroatoms. The van der Waals surface area contributed by atoms with Crippen LogP contribution in [0.1, 0.15) is 0 Å². The number of para-hydroxylation sites is 1. The smallest absolute Gasteiger partial charge is 0.258 e. The lowest BCUT2D eigenvalue weighted by Crippen LogP contribution is -3.61. The molecule has 0 bridgehead atoms. The number of benzene rings is 2. The molecule has 0 aliphatic rings. The largest absolute Gasteiger partial charge is 0.365 e. The van der Waals surface area contributed by atoms with Gasteiger partial charge in [-0.25, -0.2) is 0 Å². The van der Waals surface area contributed by atoms with Gasteiger partial charge >= 0.3 is 26.9 Å². The Morgan fingerprint density at radius 3 is 2.25 bits per heavy atom. The number of halogens is 1. The standard InChI is InChI=1S/C12H9INO2/c15-14(16)12-9-5-4-8-11(12)13-10-6-2-1-3-7-10/h1-9H/q+1. The zero-order valence-corrected chi connectivity index (χ0v) is 10.5. The minimum absolute atomic E-state index is 0.235. The molecular weight excluding hydrogens is 317 g/mol. The van der Waals surface area contributed by atoms with Crippen molar-refractivity contribution in [2.75, 3.05) is 0 Å². The highest BCUT2D eigenvalue weighted by Gasteiger charge is 2.25. The summed E-state index contributed by atoms with van der Waals surface area (Å²) in [5.74, 6) is 0. The summed E-state index contributed by atoms with van der Waals surface area (Å²) in [6, 6.07) is 16.9. The van der Waals surface area contributed by atoms with Crippen molar-refractivity contribution in [1.82, 2.24) is 0 Å². The van der Waals surface area contributed by atoms with E-state index in [2.05, 4.69) is 0 Å². The van der Waals surface area contributed by atoms with Crippen LogP contribution in [0.4, 0.5) is 5.69 Å². The molecule has 3 nitrogen and oxygen atoms in total. The summed E-state index contributed by atoms with van der Waals surface area (Å²) in [5, 5.41) is 10.8. The maximum atomic E-state index is 10.8. The normalized spacial score (nSPS) is 10.0. The number of rotatable bonds is 3. The van der Waals surface area contributed by atoms with Gasteiger partial charge in [-0.1, -0.05) is 30.3 Å². The van der Waals surface area contributed by atoms with E-state index in [4.69, 9.17) is 0 Å². The van der Waals surface area contributed by atoms with E-state index in [-0.39, 0.29) is 10.6 Å². The van der Waals surface area contributed by atoms with Gasteiger partial charge in [0.25, 0.3) is 3.57 Å². The lowest BCUT2D eigenvalue weighted by atomic mass is 10.3. The lowest BCUT2D eigenvalue weighted by molar-refractivity contribution is -0.605. The van der Waals surface area contributed by atoms with Crippen LogP contribution < -0.4 is 21.2 Å². The van der Waals surface area contributed by atoms with Crippen molar-refractivity contribution in [3.8, 4) is 0 Å². The fraction of sp³-hybridized carbons (Fsp3) is 0. The van der Waals surface area contributed by atoms with Crippen LogP contribution in [0.3, 0.4) is 0 Å². The first-order valence-electron chi connectivity index (χ1n) is 4.70. The molecule has 0 aromatic heterocycles. The maximum Gasteiger partial charge on any atom is 0.365 e. The summed E-state index contributed by atoms with van der Waals surface area (Å²) >= 11 is -0.468. The van der Waals surface area contributed by atoms with Gasteiger partial charge in [0.2, 0.25) is 0 Å². The zero-order chi connectivity index (χ0) is 11.4. The van der Waals surface area contributed by atoms with E-state index in [0.29, 0.717) is 0 Å². The molecule has 0 amide bonds. The Morgan fingerprint density at radius 1 is 0.938 bits per heavy atom. The van der Waals surface area contributed by atoms with Gasteiger partial charge in [-0.2, -0.15) is 0 Å². The van der Waals surface area contributed by atoms with E-state index in [1.54, 1.807) is 12.1 Å². The maximum absolute atomic E-state index is 10.8. The average molecular weight is 326 g/mol. The molecule has 0 aliphatic carbocycles. The van der Waals surface area contributed by atoms with Crippen molar-refractivity contribution in [1.29, 1.82) is 0 Å². The number of nitro groups is 1. The van der Waals surface area contributed by atoms with Crippen molar-refractivity contribution in [2.24, 2.45) is 0 Å². The van der Waals surface area contributed by atoms with E-state index in [9.17, 15) is 10.1 Å². The molecule has 0 spiro atoms. The molecule has 0 atom stereocenters. The van der Waals surface area contributed by atoms with Gasteiger partial charge in [-0.3, -0.25) is 10.1 Å². The Bertz CT molecular complexity index is 499. The van der Waals surface area contributed by atoms with Gasteiger partial charge < -0.3 is 0 Å². The van der Waals surface area contributed by atoms with E-state index >= 15 is 0 Å². The molecule has 0 N–H and O–H groups in total. The molecule has 2 rings (SSSR count). The van der Waals surface area contributed by atoms with E-state index < -0.39 is 21.2 Å². The van der Waals surface area contributed by atoms with Crippen LogP contribution >= 0.6 is 0 Å². The van der Waals surface area contributed by atoms with Gasteiger partial charge in [0.15, 0.2) is 3.57 Å². The van der Waals surface area contributed by atoms with E-state index in [0.717, 1.165) is 3.57 Å². The third-order valence-corrected chi connectivity index (χ3v) is 4.83. The molecule has 16 heavy (non-hydrogen) atoms. The molecular formula is C12H9INO2+. The Balaban J connectivity index is 2.31. The summed E-state index contributed by atoms with van der Waals surface area (Å²) in [7, 11) is 0. The van der Waals surface area contributed by atoms with Crippen LogP contribution in [0.15, 0.2) is 54.6 Å². The van der Waals surface area contributed by atoms with Crippen LogP contribution in [0.5, 0.6) is 0 Å². The molecule has 0 saturated carbocycles. The fourth-order valence-corrected chi connectivity index (χ4v) is 3.76. The van der Waals surface area contributed by atoms with Gasteiger partial charge in [-0.05, 0) is 18.2 Å². The minimum Gasteiger partial charge on any atom is -0.258 e. The topological polar surface area (TPSA) is 43.1 Å². The summed E-state index contributed by atoms with van der Waals surface area (Å²) < 4.78 is 2.05. The third kappa shape index (κ3) is 2.57. The highest BCUT2D eigenvalue weighted by atomic mass is 127. The highest BCUT2D eigenvalue weighted by molar-refractivity contribution is 5.27. The van der Waals surface area contributed by atoms with Gasteiger partial charge in [-0.15, -0.1) is 0 Å². The quantitative estimate of drug-likeness (QED) is 0.443. The van der Waals surface area contributed by atoms with Gasteiger partial charge in [0.05, 0.1) is 4.92 Å². The molecule has 0 fully saturated rings. The van der Waals surface area contributed by atoms with Crippen LogP contribution in [0.2, 0.25) is 0 Å². The monoisotopic (exact) mass is 326 g/mol. The second-order valence-corrected chi connectivity index (χ2v) is 6.05. The van der Waals surface area contributed by atoms with Gasteiger partial charge in [0.1, 0.15) is 0 Å². The predicted molar refractivity (Wildman–Crippen MR) is 56.9 cm³/mol. The average Bonchev–Trinajstić information content (AvgIpc) is 2.31. The second kappa shape index (κ2) is 5.07. The zero-order valence-electron chi connectivity index (χ0n) is 8.34. The fourth-order valence-electron chi connectivity index (χ4n) is 1.27. The van der Waals surface area contributed by atoms with Crippen LogP contribution in [0, 0.1) is 17.3 Å². The number of nitrogens with zero attached hydrogens (tertiary/aromatic N) is 1. The summed E-state index contributed by atoms with van der Waals surface area (Å²) in [6.45, 7) is 0. The van der Waals surface area contributed by atoms with Crippen LogP contribution in [-0.2, 0) is 0 Å². The number of hydrogen-bond acceptors (Lipinski definition) is 2. The van der Waals surface area contributed by atoms with E-state index in [1.807, 2.05) is 42.5 Å². The Labute approximate surface area is 104 Å². The molecule has 0 radical (unpaired) electrons. The first-order chi connectivity index (χ1) is 7.77. The van der Waals surface area contributed by atoms with Crippen molar-refractivity contribution < 1.29 is 26.1 Å². The molecule has 0 saturated heterocycles. The molecule has 80 valence electrons. The second-order valence-electron chi connectivity index (χ2n) is 3.10. The lowest BCUT2D eigenvalue weighted by Gasteiger charge is -1.90. The third-order valence-electron chi connectivity index (χ3n) is 1.99. The van der Waals surface area contributed by atoms with Crippen molar-refractivity contribution in [3.05, 3.63) is 71.9 Å². The molecule has 0 unspecified atom stereocenters. The number of nitro benzene ring substituents is 1. The first kappa shape index (κ1) is 11.1. The summed E-state index contributed by atoms with van der Waals surface area (Å²) in [5.41, 5.74) is 0.235. The van der Waals surface area contributed by atoms with E-state index in [1.165, 1.54) is 3.57 Å². The van der Waals surface area contributed by atoms with Crippen molar-refractivity contribution in [2.45, 2.75) is 0 Å². The summed E-state index contributed by atoms with van der Waals surface area (Å²) in [6.07, 6.45) is 0. The number of hydrogen-bond donors (Lipinski definition) is 0. The Kier molecular flexibility index (Phi) is 3.51. The minimum atomic E-state index is -0.468. The van der Waals surface area contributed by atoms with Crippen molar-refractivity contribution in [3.63, 3.8) is 0 Å². The molecule has 0 heterocycles. The van der Waals surface area contributed by atoms with Gasteiger partial charge in [0, 0.05) is 6.07 Å². The molecule has 2 aromatic rings. The predicted octanol–water partition coefficient (Wildman–Crippen LogP) is -0.277. The Hall–Kier alpha value is -1.43.